The van der Waals surface area contributed by atoms with Crippen molar-refractivity contribution in [2.45, 2.75) is 32.2 Å². The Bertz CT molecular complexity index is 380. The minimum Gasteiger partial charge on any atom is -0.314 e. The van der Waals surface area contributed by atoms with Gasteiger partial charge in [0.2, 0.25) is 0 Å². The van der Waals surface area contributed by atoms with Gasteiger partial charge in [-0.3, -0.25) is 0 Å². The van der Waals surface area contributed by atoms with Crippen LogP contribution in [0.25, 0.3) is 0 Å². The molecule has 2 rings (SSSR count). The number of benzene rings is 1. The van der Waals surface area contributed by atoms with E-state index in [1.54, 1.807) is 6.07 Å². The molecule has 3 heteroatoms. The SMILES string of the molecule is CCNC1CC(c2ccc(Br)cc2F)C1C. The van der Waals surface area contributed by atoms with Crippen LogP contribution in [0.4, 0.5) is 4.39 Å². The second-order valence-electron chi connectivity index (χ2n) is 4.53. The second kappa shape index (κ2) is 4.84. The maximum absolute atomic E-state index is 13.8. The predicted molar refractivity (Wildman–Crippen MR) is 68.1 cm³/mol. The second-order valence-corrected chi connectivity index (χ2v) is 5.45. The quantitative estimate of drug-likeness (QED) is 0.893. The van der Waals surface area contributed by atoms with Gasteiger partial charge in [-0.25, -0.2) is 4.39 Å². The van der Waals surface area contributed by atoms with Crippen LogP contribution in [-0.4, -0.2) is 12.6 Å². The van der Waals surface area contributed by atoms with Gasteiger partial charge < -0.3 is 5.32 Å². The van der Waals surface area contributed by atoms with Crippen molar-refractivity contribution in [2.75, 3.05) is 6.54 Å². The van der Waals surface area contributed by atoms with Gasteiger partial charge in [-0.05, 0) is 42.5 Å². The minimum absolute atomic E-state index is 0.0822. The lowest BCUT2D eigenvalue weighted by molar-refractivity contribution is 0.183. The lowest BCUT2D eigenvalue weighted by atomic mass is 9.67. The smallest absolute Gasteiger partial charge is 0.127 e. The molecule has 1 aromatic carbocycles. The molecular formula is C13H17BrFN. The summed E-state index contributed by atoms with van der Waals surface area (Å²) < 4.78 is 14.6. The van der Waals surface area contributed by atoms with Crippen LogP contribution in [0.2, 0.25) is 0 Å². The molecule has 0 radical (unpaired) electrons. The molecule has 0 aliphatic heterocycles. The van der Waals surface area contributed by atoms with Crippen LogP contribution in [0.15, 0.2) is 22.7 Å². The maximum Gasteiger partial charge on any atom is 0.127 e. The van der Waals surface area contributed by atoms with Crippen molar-refractivity contribution in [3.05, 3.63) is 34.1 Å². The molecule has 0 bridgehead atoms. The molecule has 3 atom stereocenters. The monoisotopic (exact) mass is 285 g/mol. The molecule has 1 fully saturated rings. The summed E-state index contributed by atoms with van der Waals surface area (Å²) in [5, 5.41) is 3.43. The minimum atomic E-state index is -0.0822. The molecule has 1 aliphatic carbocycles. The topological polar surface area (TPSA) is 12.0 Å². The zero-order valence-electron chi connectivity index (χ0n) is 9.63. The van der Waals surface area contributed by atoms with E-state index in [0.29, 0.717) is 17.9 Å². The Morgan fingerprint density at radius 2 is 2.25 bits per heavy atom. The Hall–Kier alpha value is -0.410. The first-order valence-corrected chi connectivity index (χ1v) is 6.61. The Balaban J connectivity index is 2.10. The summed E-state index contributed by atoms with van der Waals surface area (Å²) in [6.07, 6.45) is 1.05. The van der Waals surface area contributed by atoms with Crippen molar-refractivity contribution in [1.82, 2.24) is 5.32 Å². The molecule has 88 valence electrons. The predicted octanol–water partition coefficient (Wildman–Crippen LogP) is 3.69. The van der Waals surface area contributed by atoms with Crippen LogP contribution in [0, 0.1) is 11.7 Å². The fourth-order valence-corrected chi connectivity index (χ4v) is 2.86. The number of hydrogen-bond donors (Lipinski definition) is 1. The van der Waals surface area contributed by atoms with Gasteiger partial charge in [0.25, 0.3) is 0 Å². The molecule has 3 unspecified atom stereocenters. The number of rotatable bonds is 3. The molecule has 0 spiro atoms. The normalized spacial score (nSPS) is 28.9. The van der Waals surface area contributed by atoms with Gasteiger partial charge in [-0.15, -0.1) is 0 Å². The van der Waals surface area contributed by atoms with Gasteiger partial charge in [-0.2, -0.15) is 0 Å². The first-order valence-electron chi connectivity index (χ1n) is 5.81. The number of hydrogen-bond acceptors (Lipinski definition) is 1. The zero-order chi connectivity index (χ0) is 11.7. The average Bonchev–Trinajstić information content (AvgIpc) is 2.25. The van der Waals surface area contributed by atoms with Crippen LogP contribution >= 0.6 is 15.9 Å². The molecule has 0 heterocycles. The van der Waals surface area contributed by atoms with E-state index in [2.05, 4.69) is 35.1 Å². The van der Waals surface area contributed by atoms with E-state index in [1.807, 2.05) is 12.1 Å². The fraction of sp³-hybridized carbons (Fsp3) is 0.538. The van der Waals surface area contributed by atoms with Crippen LogP contribution in [0.1, 0.15) is 31.7 Å². The fourth-order valence-electron chi connectivity index (χ4n) is 2.53. The number of halogens is 2. The van der Waals surface area contributed by atoms with Gasteiger partial charge in [0.1, 0.15) is 5.82 Å². The third-order valence-corrected chi connectivity index (χ3v) is 4.10. The molecule has 0 amide bonds. The van der Waals surface area contributed by atoms with Crippen molar-refractivity contribution >= 4 is 15.9 Å². The highest BCUT2D eigenvalue weighted by molar-refractivity contribution is 9.10. The summed E-state index contributed by atoms with van der Waals surface area (Å²) in [6, 6.07) is 5.94. The van der Waals surface area contributed by atoms with Crippen molar-refractivity contribution in [3.63, 3.8) is 0 Å². The molecule has 0 saturated heterocycles. The Kier molecular flexibility index (Phi) is 3.65. The highest BCUT2D eigenvalue weighted by atomic mass is 79.9. The number of nitrogens with one attached hydrogen (secondary N) is 1. The highest BCUT2D eigenvalue weighted by Crippen LogP contribution is 2.43. The highest BCUT2D eigenvalue weighted by Gasteiger charge is 2.38. The van der Waals surface area contributed by atoms with E-state index in [4.69, 9.17) is 0 Å². The summed E-state index contributed by atoms with van der Waals surface area (Å²) in [4.78, 5) is 0. The van der Waals surface area contributed by atoms with Crippen molar-refractivity contribution in [1.29, 1.82) is 0 Å². The van der Waals surface area contributed by atoms with Gasteiger partial charge in [0.15, 0.2) is 0 Å². The molecular weight excluding hydrogens is 269 g/mol. The van der Waals surface area contributed by atoms with Crippen molar-refractivity contribution in [3.8, 4) is 0 Å². The molecule has 16 heavy (non-hydrogen) atoms. The standard InChI is InChI=1S/C13H17BrFN/c1-3-16-13-7-11(8(13)2)10-5-4-9(14)6-12(10)15/h4-6,8,11,13,16H,3,7H2,1-2H3. The molecule has 0 aromatic heterocycles. The van der Waals surface area contributed by atoms with E-state index in [9.17, 15) is 4.39 Å². The summed E-state index contributed by atoms with van der Waals surface area (Å²) in [5.74, 6) is 0.814. The van der Waals surface area contributed by atoms with Gasteiger partial charge in [0, 0.05) is 10.5 Å². The van der Waals surface area contributed by atoms with E-state index < -0.39 is 0 Å². The first kappa shape index (κ1) is 12.1. The van der Waals surface area contributed by atoms with Crippen molar-refractivity contribution in [2.24, 2.45) is 5.92 Å². The summed E-state index contributed by atoms with van der Waals surface area (Å²) in [7, 11) is 0. The Morgan fingerprint density at radius 3 is 2.81 bits per heavy atom. The lowest BCUT2D eigenvalue weighted by Gasteiger charge is -2.43. The maximum atomic E-state index is 13.8. The molecule has 1 nitrogen and oxygen atoms in total. The van der Waals surface area contributed by atoms with E-state index in [1.165, 1.54) is 0 Å². The molecule has 1 saturated carbocycles. The lowest BCUT2D eigenvalue weighted by Crippen LogP contribution is -2.47. The van der Waals surface area contributed by atoms with Gasteiger partial charge >= 0.3 is 0 Å². The third-order valence-electron chi connectivity index (χ3n) is 3.61. The largest absolute Gasteiger partial charge is 0.314 e. The molecule has 1 N–H and O–H groups in total. The first-order chi connectivity index (χ1) is 7.63. The zero-order valence-corrected chi connectivity index (χ0v) is 11.2. The summed E-state index contributed by atoms with van der Waals surface area (Å²) >= 11 is 3.28. The van der Waals surface area contributed by atoms with E-state index in [0.717, 1.165) is 23.0 Å². The van der Waals surface area contributed by atoms with Crippen molar-refractivity contribution < 1.29 is 4.39 Å². The molecule has 1 aliphatic rings. The Morgan fingerprint density at radius 1 is 1.50 bits per heavy atom. The molecule has 1 aromatic rings. The average molecular weight is 286 g/mol. The van der Waals surface area contributed by atoms with Gasteiger partial charge in [0.05, 0.1) is 0 Å². The van der Waals surface area contributed by atoms with Crippen LogP contribution in [-0.2, 0) is 0 Å². The van der Waals surface area contributed by atoms with E-state index >= 15 is 0 Å². The van der Waals surface area contributed by atoms with Gasteiger partial charge in [-0.1, -0.05) is 35.8 Å². The summed E-state index contributed by atoms with van der Waals surface area (Å²) in [5.41, 5.74) is 0.866. The van der Waals surface area contributed by atoms with Crippen LogP contribution < -0.4 is 5.32 Å². The third kappa shape index (κ3) is 2.16. The Labute approximate surface area is 105 Å². The van der Waals surface area contributed by atoms with E-state index in [-0.39, 0.29) is 5.82 Å². The summed E-state index contributed by atoms with van der Waals surface area (Å²) in [6.45, 7) is 5.30. The van der Waals surface area contributed by atoms with Crippen LogP contribution in [0.5, 0.6) is 0 Å². The van der Waals surface area contributed by atoms with Crippen LogP contribution in [0.3, 0.4) is 0 Å².